The van der Waals surface area contributed by atoms with E-state index in [1.165, 1.54) is 11.0 Å². The third kappa shape index (κ3) is 2.58. The summed E-state index contributed by atoms with van der Waals surface area (Å²) in [5.74, 6) is -0.115. The van der Waals surface area contributed by atoms with Crippen LogP contribution in [-0.4, -0.2) is 10.1 Å². The number of amides is 1. The lowest BCUT2D eigenvalue weighted by Crippen LogP contribution is -2.22. The fourth-order valence-electron chi connectivity index (χ4n) is 1.59. The normalized spacial score (nSPS) is 18.4. The Hall–Kier alpha value is -0.520. The van der Waals surface area contributed by atoms with E-state index in [4.69, 9.17) is 0 Å². The van der Waals surface area contributed by atoms with Gasteiger partial charge in [-0.15, -0.1) is 8.73 Å². The summed E-state index contributed by atoms with van der Waals surface area (Å²) in [6.45, 7) is 3.80. The van der Waals surface area contributed by atoms with E-state index in [0.29, 0.717) is 17.6 Å². The van der Waals surface area contributed by atoms with Gasteiger partial charge in [0.15, 0.2) is 0 Å². The predicted octanol–water partition coefficient (Wildman–Crippen LogP) is 3.46. The first-order chi connectivity index (χ1) is 8.45. The zero-order valence-corrected chi connectivity index (χ0v) is 13.2. The predicted molar refractivity (Wildman–Crippen MR) is 83.6 cm³/mol. The molecule has 2 unspecified atom stereocenters. The van der Waals surface area contributed by atoms with E-state index in [2.05, 4.69) is 23.9 Å². The Labute approximate surface area is 112 Å². The number of benzene rings is 1. The molecule has 18 heavy (non-hydrogen) atoms. The SMILES string of the molecule is C=C1C=CC(=O)N1c1ccc(S(=O)([PH-])=PP)cc1. The molecule has 2 atom stereocenters. The summed E-state index contributed by atoms with van der Waals surface area (Å²) < 4.78 is 12.1. The molecular weight excluding hydrogens is 303 g/mol. The summed E-state index contributed by atoms with van der Waals surface area (Å²) in [5, 5.41) is 0. The highest BCUT2D eigenvalue weighted by Gasteiger charge is 2.20. The Morgan fingerprint density at radius 3 is 2.33 bits per heavy atom. The summed E-state index contributed by atoms with van der Waals surface area (Å²) in [6.07, 6.45) is 3.15. The average Bonchev–Trinajstić information content (AvgIpc) is 2.69. The molecule has 1 heterocycles. The van der Waals surface area contributed by atoms with Crippen molar-refractivity contribution in [2.75, 3.05) is 4.90 Å². The van der Waals surface area contributed by atoms with E-state index in [1.54, 1.807) is 30.3 Å². The van der Waals surface area contributed by atoms with Crippen LogP contribution in [0.1, 0.15) is 0 Å². The highest BCUT2D eigenvalue weighted by Crippen LogP contribution is 2.33. The van der Waals surface area contributed by atoms with Gasteiger partial charge in [-0.25, -0.2) is 0 Å². The van der Waals surface area contributed by atoms with Crippen LogP contribution in [0.2, 0.25) is 0 Å². The van der Waals surface area contributed by atoms with Crippen molar-refractivity contribution in [2.24, 2.45) is 0 Å². The van der Waals surface area contributed by atoms with Gasteiger partial charge in [0, 0.05) is 22.4 Å². The van der Waals surface area contributed by atoms with Gasteiger partial charge in [0.2, 0.25) is 0 Å². The average molecular weight is 314 g/mol. The second-order valence-electron chi connectivity index (χ2n) is 3.62. The third-order valence-electron chi connectivity index (χ3n) is 2.49. The van der Waals surface area contributed by atoms with Crippen LogP contribution in [0.5, 0.6) is 0 Å². The number of nitrogens with zero attached hydrogens (tertiary/aromatic N) is 1. The second-order valence-corrected chi connectivity index (χ2v) is 12.2. The molecule has 0 N–H and O–H groups in total. The highest BCUT2D eigenvalue weighted by atomic mass is 33.0. The molecule has 0 aromatic heterocycles. The molecule has 0 saturated carbocycles. The van der Waals surface area contributed by atoms with Gasteiger partial charge in [-0.2, -0.15) is 0 Å². The zero-order valence-electron chi connectivity index (χ0n) is 9.37. The Balaban J connectivity index is 2.38. The topological polar surface area (TPSA) is 37.4 Å². The largest absolute Gasteiger partial charge is 0.447 e. The quantitative estimate of drug-likeness (QED) is 0.784. The van der Waals surface area contributed by atoms with Crippen molar-refractivity contribution in [2.45, 2.75) is 4.90 Å². The van der Waals surface area contributed by atoms with Gasteiger partial charge in [-0.3, -0.25) is 13.9 Å². The fraction of sp³-hybridized carbons (Fsp3) is 0. The molecule has 0 radical (unpaired) electrons. The molecular formula is C11H11NO2P3S-. The summed E-state index contributed by atoms with van der Waals surface area (Å²) in [6, 6.07) is 7.03. The van der Waals surface area contributed by atoms with Crippen molar-refractivity contribution in [3.8, 4) is 0 Å². The second kappa shape index (κ2) is 5.23. The molecule has 1 aliphatic rings. The van der Waals surface area contributed by atoms with Crippen LogP contribution in [0.15, 0.2) is 53.6 Å². The molecule has 3 nitrogen and oxygen atoms in total. The summed E-state index contributed by atoms with van der Waals surface area (Å²) >= 11 is 0. The van der Waals surface area contributed by atoms with Crippen LogP contribution in [0.4, 0.5) is 5.69 Å². The first kappa shape index (κ1) is 13.9. The summed E-state index contributed by atoms with van der Waals surface area (Å²) in [4.78, 5) is 13.8. The molecule has 0 aliphatic carbocycles. The fourth-order valence-corrected chi connectivity index (χ4v) is 4.45. The van der Waals surface area contributed by atoms with Gasteiger partial charge in [0.25, 0.3) is 5.91 Å². The van der Waals surface area contributed by atoms with Gasteiger partial charge in [0.05, 0.1) is 0 Å². The maximum absolute atomic E-state index is 12.1. The van der Waals surface area contributed by atoms with Gasteiger partial charge >= 0.3 is 0 Å². The van der Waals surface area contributed by atoms with Gasteiger partial charge in [-0.1, -0.05) is 15.5 Å². The first-order valence-electron chi connectivity index (χ1n) is 4.98. The van der Waals surface area contributed by atoms with Crippen molar-refractivity contribution in [3.05, 3.63) is 48.7 Å². The lowest BCUT2D eigenvalue weighted by molar-refractivity contribution is -0.113. The Morgan fingerprint density at radius 1 is 1.28 bits per heavy atom. The Bertz CT molecular complexity index is 639. The van der Waals surface area contributed by atoms with Crippen molar-refractivity contribution in [3.63, 3.8) is 0 Å². The summed E-state index contributed by atoms with van der Waals surface area (Å²) in [7, 11) is 4.16. The Kier molecular flexibility index (Phi) is 4.04. The van der Waals surface area contributed by atoms with E-state index >= 15 is 0 Å². The lowest BCUT2D eigenvalue weighted by Gasteiger charge is -2.19. The number of carbonyl (C=O) groups excluding carboxylic acids is 1. The molecule has 94 valence electrons. The van der Waals surface area contributed by atoms with Gasteiger partial charge in [-0.05, 0) is 37.4 Å². The van der Waals surface area contributed by atoms with Crippen LogP contribution in [-0.2, 0) is 13.5 Å². The lowest BCUT2D eigenvalue weighted by atomic mass is 10.3. The van der Waals surface area contributed by atoms with Crippen LogP contribution in [0, 0.1) is 0 Å². The van der Waals surface area contributed by atoms with E-state index in [9.17, 15) is 9.00 Å². The van der Waals surface area contributed by atoms with E-state index < -0.39 is 8.73 Å². The molecule has 1 aromatic rings. The van der Waals surface area contributed by atoms with Crippen molar-refractivity contribution in [1.82, 2.24) is 0 Å². The monoisotopic (exact) mass is 314 g/mol. The molecule has 0 spiro atoms. The van der Waals surface area contributed by atoms with Crippen molar-refractivity contribution in [1.29, 1.82) is 0 Å². The van der Waals surface area contributed by atoms with Crippen LogP contribution in [0.25, 0.3) is 0 Å². The highest BCUT2D eigenvalue weighted by molar-refractivity contribution is 8.63. The number of carbonyl (C=O) groups is 1. The van der Waals surface area contributed by atoms with E-state index in [-0.39, 0.29) is 5.91 Å². The molecule has 0 saturated heterocycles. The molecule has 0 fully saturated rings. The van der Waals surface area contributed by atoms with Crippen molar-refractivity contribution < 1.29 is 9.00 Å². The molecule has 0 bridgehead atoms. The zero-order chi connectivity index (χ0) is 13.3. The number of hydrogen-bond acceptors (Lipinski definition) is 2. The van der Waals surface area contributed by atoms with E-state index in [1.807, 2.05) is 0 Å². The number of allylic oxidation sites excluding steroid dienone is 1. The molecule has 2 rings (SSSR count). The number of rotatable bonds is 2. The van der Waals surface area contributed by atoms with Crippen molar-refractivity contribution >= 4 is 44.7 Å². The molecule has 7 heteroatoms. The Morgan fingerprint density at radius 2 is 1.89 bits per heavy atom. The van der Waals surface area contributed by atoms with Gasteiger partial charge < -0.3 is 8.44 Å². The number of anilines is 1. The van der Waals surface area contributed by atoms with E-state index in [0.717, 1.165) is 5.69 Å². The molecule has 1 aromatic carbocycles. The minimum atomic E-state index is -2.22. The first-order valence-corrected chi connectivity index (χ1v) is 10.9. The third-order valence-corrected chi connectivity index (χ3v) is 11.4. The molecule has 1 aliphatic heterocycles. The maximum Gasteiger partial charge on any atom is 0.255 e. The standard InChI is InChI=1S/C11H11NO2P3S/c1-8-2-7-11(13)12(8)9-3-5-10(6-4-9)18(14,16)17-15/h2-7,16H,1,15H2/q-1. The maximum atomic E-state index is 12.1. The smallest absolute Gasteiger partial charge is 0.255 e. The minimum Gasteiger partial charge on any atom is -0.447 e. The van der Waals surface area contributed by atoms with Crippen LogP contribution < -0.4 is 4.90 Å². The summed E-state index contributed by atoms with van der Waals surface area (Å²) in [5.41, 5.74) is 1.36. The van der Waals surface area contributed by atoms with Gasteiger partial charge in [0.1, 0.15) is 0 Å². The number of hydrogen-bond donors (Lipinski definition) is 0. The van der Waals surface area contributed by atoms with Crippen LogP contribution in [0.3, 0.4) is 0 Å². The van der Waals surface area contributed by atoms with Crippen LogP contribution >= 0.6 is 24.4 Å². The molecule has 1 amide bonds. The minimum absolute atomic E-state index is 0.115.